The molecule has 82 valence electrons. The molecule has 0 saturated heterocycles. The van der Waals surface area contributed by atoms with Gasteiger partial charge in [-0.25, -0.2) is 0 Å². The first-order chi connectivity index (χ1) is 7.28. The van der Waals surface area contributed by atoms with Gasteiger partial charge in [0.25, 0.3) is 0 Å². The lowest BCUT2D eigenvalue weighted by Gasteiger charge is -2.16. The first-order valence-corrected chi connectivity index (χ1v) is 6.00. The molecule has 0 aromatic heterocycles. The Morgan fingerprint density at radius 2 is 2.20 bits per heavy atom. The third-order valence-corrected chi connectivity index (χ3v) is 3.29. The molecule has 0 bridgehead atoms. The number of likely N-dealkylation sites (N-methyl/N-ethyl adjacent to an activating group) is 1. The molecule has 0 amide bonds. The van der Waals surface area contributed by atoms with E-state index in [4.69, 9.17) is 0 Å². The Bertz CT molecular complexity index is 315. The van der Waals surface area contributed by atoms with Gasteiger partial charge in [-0.3, -0.25) is 0 Å². The molecule has 1 aromatic carbocycles. The zero-order chi connectivity index (χ0) is 10.7. The predicted molar refractivity (Wildman–Crippen MR) is 65.1 cm³/mol. The summed E-state index contributed by atoms with van der Waals surface area (Å²) in [6.07, 6.45) is 5.43. The number of rotatable bonds is 5. The average Bonchev–Trinajstić information content (AvgIpc) is 3.01. The van der Waals surface area contributed by atoms with Crippen LogP contribution in [0.25, 0.3) is 0 Å². The average molecular weight is 203 g/mol. The Morgan fingerprint density at radius 1 is 1.40 bits per heavy atom. The fraction of sp³-hybridized carbons (Fsp3) is 0.571. The quantitative estimate of drug-likeness (QED) is 0.776. The molecule has 15 heavy (non-hydrogen) atoms. The van der Waals surface area contributed by atoms with Crippen LogP contribution in [0.5, 0.6) is 0 Å². The van der Waals surface area contributed by atoms with Gasteiger partial charge in [0.15, 0.2) is 0 Å². The van der Waals surface area contributed by atoms with E-state index in [1.165, 1.54) is 36.8 Å². The summed E-state index contributed by atoms with van der Waals surface area (Å²) in [7, 11) is 2.09. The molecule has 1 N–H and O–H groups in total. The largest absolute Gasteiger partial charge is 0.317 e. The van der Waals surface area contributed by atoms with Crippen LogP contribution < -0.4 is 5.32 Å². The first-order valence-electron chi connectivity index (χ1n) is 6.00. The summed E-state index contributed by atoms with van der Waals surface area (Å²) in [6.45, 7) is 2.17. The van der Waals surface area contributed by atoms with E-state index in [-0.39, 0.29) is 0 Å². The zero-order valence-electron chi connectivity index (χ0n) is 9.79. The molecule has 0 spiro atoms. The van der Waals surface area contributed by atoms with Crippen molar-refractivity contribution in [1.82, 2.24) is 5.32 Å². The van der Waals surface area contributed by atoms with Gasteiger partial charge in [0.2, 0.25) is 0 Å². The second-order valence-corrected chi connectivity index (χ2v) is 4.86. The molecule has 1 unspecified atom stereocenters. The molecule has 1 saturated carbocycles. The van der Waals surface area contributed by atoms with Crippen molar-refractivity contribution < 1.29 is 0 Å². The van der Waals surface area contributed by atoms with Crippen LogP contribution in [0.4, 0.5) is 0 Å². The fourth-order valence-electron chi connectivity index (χ4n) is 2.18. The monoisotopic (exact) mass is 203 g/mol. The molecule has 2 rings (SSSR count). The number of hydrogen-bond donors (Lipinski definition) is 1. The topological polar surface area (TPSA) is 12.0 Å². The van der Waals surface area contributed by atoms with Crippen molar-refractivity contribution in [1.29, 1.82) is 0 Å². The van der Waals surface area contributed by atoms with Gasteiger partial charge in [0.05, 0.1) is 0 Å². The van der Waals surface area contributed by atoms with E-state index in [9.17, 15) is 0 Å². The van der Waals surface area contributed by atoms with E-state index >= 15 is 0 Å². The molecular formula is C14H21N. The van der Waals surface area contributed by atoms with Crippen molar-refractivity contribution >= 4 is 0 Å². The van der Waals surface area contributed by atoms with E-state index in [0.717, 1.165) is 5.92 Å². The molecule has 0 heterocycles. The minimum Gasteiger partial charge on any atom is -0.317 e. The van der Waals surface area contributed by atoms with Crippen LogP contribution in [0.3, 0.4) is 0 Å². The third-order valence-electron chi connectivity index (χ3n) is 3.29. The summed E-state index contributed by atoms with van der Waals surface area (Å²) in [4.78, 5) is 0. The van der Waals surface area contributed by atoms with Gasteiger partial charge >= 0.3 is 0 Å². The Hall–Kier alpha value is -0.820. The zero-order valence-corrected chi connectivity index (χ0v) is 9.79. The molecule has 1 aromatic rings. The van der Waals surface area contributed by atoms with Crippen molar-refractivity contribution in [3.8, 4) is 0 Å². The molecular weight excluding hydrogens is 182 g/mol. The van der Waals surface area contributed by atoms with E-state index in [1.807, 2.05) is 0 Å². The predicted octanol–water partition coefficient (Wildman–Crippen LogP) is 2.93. The summed E-state index contributed by atoms with van der Waals surface area (Å²) in [6, 6.07) is 9.54. The maximum atomic E-state index is 3.44. The number of hydrogen-bond acceptors (Lipinski definition) is 1. The second-order valence-electron chi connectivity index (χ2n) is 4.86. The molecule has 1 heteroatoms. The highest BCUT2D eigenvalue weighted by Crippen LogP contribution is 2.34. The lowest BCUT2D eigenvalue weighted by Crippen LogP contribution is -2.28. The first kappa shape index (κ1) is 10.7. The van der Waals surface area contributed by atoms with Crippen molar-refractivity contribution in [2.75, 3.05) is 7.05 Å². The highest BCUT2D eigenvalue weighted by atomic mass is 14.9. The summed E-state index contributed by atoms with van der Waals surface area (Å²) < 4.78 is 0. The Balaban J connectivity index is 1.92. The molecule has 1 aliphatic carbocycles. The number of benzene rings is 1. The second kappa shape index (κ2) is 4.80. The summed E-state index contributed by atoms with van der Waals surface area (Å²) in [5, 5.41) is 3.44. The van der Waals surface area contributed by atoms with Crippen molar-refractivity contribution in [3.63, 3.8) is 0 Å². The summed E-state index contributed by atoms with van der Waals surface area (Å²) in [5.74, 6) is 1.01. The van der Waals surface area contributed by atoms with Gasteiger partial charge in [0.1, 0.15) is 0 Å². The molecule has 1 aliphatic rings. The lowest BCUT2D eigenvalue weighted by atomic mass is 10.00. The summed E-state index contributed by atoms with van der Waals surface area (Å²) in [5.41, 5.74) is 2.84. The van der Waals surface area contributed by atoms with E-state index in [2.05, 4.69) is 43.6 Å². The van der Waals surface area contributed by atoms with Crippen LogP contribution in [0.1, 0.15) is 30.4 Å². The number of aryl methyl sites for hydroxylation is 1. The van der Waals surface area contributed by atoms with Crippen molar-refractivity contribution in [2.45, 2.75) is 38.6 Å². The standard InChI is InChI=1S/C14H21N/c1-11-4-3-5-13(8-11)10-14(15-2)9-12-6-7-12/h3-5,8,12,14-15H,6-7,9-10H2,1-2H3. The van der Waals surface area contributed by atoms with Crippen LogP contribution >= 0.6 is 0 Å². The van der Waals surface area contributed by atoms with E-state index < -0.39 is 0 Å². The van der Waals surface area contributed by atoms with Crippen LogP contribution in [0.15, 0.2) is 24.3 Å². The van der Waals surface area contributed by atoms with Gasteiger partial charge in [-0.05, 0) is 38.3 Å². The Kier molecular flexibility index (Phi) is 3.42. The van der Waals surface area contributed by atoms with Crippen LogP contribution in [0.2, 0.25) is 0 Å². The smallest absolute Gasteiger partial charge is 0.0107 e. The molecule has 0 aliphatic heterocycles. The lowest BCUT2D eigenvalue weighted by molar-refractivity contribution is 0.490. The normalized spacial score (nSPS) is 17.7. The van der Waals surface area contributed by atoms with Crippen LogP contribution in [-0.4, -0.2) is 13.1 Å². The fourth-order valence-corrected chi connectivity index (χ4v) is 2.18. The van der Waals surface area contributed by atoms with Gasteiger partial charge in [0, 0.05) is 6.04 Å². The van der Waals surface area contributed by atoms with Crippen LogP contribution in [0, 0.1) is 12.8 Å². The van der Waals surface area contributed by atoms with Gasteiger partial charge in [-0.2, -0.15) is 0 Å². The third kappa shape index (κ3) is 3.35. The maximum Gasteiger partial charge on any atom is 0.0107 e. The van der Waals surface area contributed by atoms with Crippen LogP contribution in [-0.2, 0) is 6.42 Å². The highest BCUT2D eigenvalue weighted by molar-refractivity contribution is 5.23. The minimum atomic E-state index is 0.666. The molecule has 1 fully saturated rings. The maximum absolute atomic E-state index is 3.44. The molecule has 1 nitrogen and oxygen atoms in total. The Labute approximate surface area is 92.9 Å². The van der Waals surface area contributed by atoms with Gasteiger partial charge in [-0.1, -0.05) is 42.7 Å². The number of nitrogens with one attached hydrogen (secondary N) is 1. The summed E-state index contributed by atoms with van der Waals surface area (Å²) >= 11 is 0. The van der Waals surface area contributed by atoms with Gasteiger partial charge < -0.3 is 5.32 Å². The van der Waals surface area contributed by atoms with Crippen molar-refractivity contribution in [3.05, 3.63) is 35.4 Å². The van der Waals surface area contributed by atoms with Gasteiger partial charge in [-0.15, -0.1) is 0 Å². The Morgan fingerprint density at radius 3 is 2.80 bits per heavy atom. The molecule has 0 radical (unpaired) electrons. The van der Waals surface area contributed by atoms with Crippen molar-refractivity contribution in [2.24, 2.45) is 5.92 Å². The minimum absolute atomic E-state index is 0.666. The van der Waals surface area contributed by atoms with E-state index in [0.29, 0.717) is 6.04 Å². The SMILES string of the molecule is CNC(Cc1cccc(C)c1)CC1CC1. The van der Waals surface area contributed by atoms with E-state index in [1.54, 1.807) is 0 Å². The molecule has 1 atom stereocenters. The highest BCUT2D eigenvalue weighted by Gasteiger charge is 2.24.